The van der Waals surface area contributed by atoms with Crippen molar-refractivity contribution in [3.8, 4) is 0 Å². The van der Waals surface area contributed by atoms with Gasteiger partial charge in [0.25, 0.3) is 0 Å². The first-order chi connectivity index (χ1) is 7.27. The quantitative estimate of drug-likeness (QED) is 0.658. The molecule has 0 saturated carbocycles. The predicted octanol–water partition coefficient (Wildman–Crippen LogP) is 2.72. The normalized spacial score (nSPS) is 10.5. The topological polar surface area (TPSA) is 51.8 Å². The average Bonchev–Trinajstić information content (AvgIpc) is 2.73. The van der Waals surface area contributed by atoms with Crippen LogP contribution in [0, 0.1) is 6.92 Å². The van der Waals surface area contributed by atoms with E-state index in [2.05, 4.69) is 15.4 Å². The second kappa shape index (κ2) is 4.63. The van der Waals surface area contributed by atoms with Crippen molar-refractivity contribution in [1.82, 2.24) is 9.36 Å². The first kappa shape index (κ1) is 10.4. The zero-order valence-electron chi connectivity index (χ0n) is 8.30. The Morgan fingerprint density at radius 3 is 3.07 bits per heavy atom. The Morgan fingerprint density at radius 1 is 1.47 bits per heavy atom. The maximum absolute atomic E-state index is 5.83. The summed E-state index contributed by atoms with van der Waals surface area (Å²) in [7, 11) is 0. The van der Waals surface area contributed by atoms with E-state index in [1.54, 1.807) is 18.1 Å². The lowest BCUT2D eigenvalue weighted by Crippen LogP contribution is -1.93. The summed E-state index contributed by atoms with van der Waals surface area (Å²) in [6.45, 7) is 2.05. The van der Waals surface area contributed by atoms with Crippen molar-refractivity contribution in [2.24, 2.45) is 0 Å². The van der Waals surface area contributed by atoms with Crippen molar-refractivity contribution in [3.05, 3.63) is 35.7 Å². The molecule has 0 saturated heterocycles. The van der Waals surface area contributed by atoms with Crippen molar-refractivity contribution in [2.75, 3.05) is 5.73 Å². The molecule has 15 heavy (non-hydrogen) atoms. The highest BCUT2D eigenvalue weighted by molar-refractivity contribution is 8.00. The van der Waals surface area contributed by atoms with Gasteiger partial charge in [0.15, 0.2) is 4.34 Å². The maximum atomic E-state index is 5.83. The number of aromatic nitrogens is 2. The molecular weight excluding hydrogens is 226 g/mol. The number of hydrogen-bond donors (Lipinski definition) is 1. The third kappa shape index (κ3) is 2.49. The van der Waals surface area contributed by atoms with Crippen LogP contribution in [0.15, 0.2) is 28.9 Å². The largest absolute Gasteiger partial charge is 0.399 e. The van der Waals surface area contributed by atoms with Crippen LogP contribution in [0.2, 0.25) is 0 Å². The summed E-state index contributed by atoms with van der Waals surface area (Å²) in [6.07, 6.45) is 1.58. The van der Waals surface area contributed by atoms with Crippen LogP contribution in [0.3, 0.4) is 0 Å². The van der Waals surface area contributed by atoms with E-state index >= 15 is 0 Å². The van der Waals surface area contributed by atoms with Gasteiger partial charge in [0.2, 0.25) is 0 Å². The number of rotatable bonds is 3. The molecule has 0 unspecified atom stereocenters. The summed E-state index contributed by atoms with van der Waals surface area (Å²) in [5, 5.41) is 0. The number of nitrogen functional groups attached to an aromatic ring is 1. The molecule has 1 heterocycles. The number of hydrogen-bond acceptors (Lipinski definition) is 5. The number of nitrogens with zero attached hydrogens (tertiary/aromatic N) is 2. The molecule has 78 valence electrons. The third-order valence-corrected chi connectivity index (χ3v) is 4.03. The van der Waals surface area contributed by atoms with E-state index in [1.165, 1.54) is 17.1 Å². The molecule has 5 heteroatoms. The number of benzene rings is 1. The zero-order valence-corrected chi connectivity index (χ0v) is 9.94. The van der Waals surface area contributed by atoms with Gasteiger partial charge in [0, 0.05) is 11.4 Å². The van der Waals surface area contributed by atoms with Gasteiger partial charge in [-0.25, -0.2) is 4.98 Å². The van der Waals surface area contributed by atoms with Crippen LogP contribution in [-0.2, 0) is 5.75 Å². The number of anilines is 1. The molecule has 0 radical (unpaired) electrons. The lowest BCUT2D eigenvalue weighted by atomic mass is 10.1. The molecular formula is C10H11N3S2. The van der Waals surface area contributed by atoms with Gasteiger partial charge in [-0.05, 0) is 35.6 Å². The van der Waals surface area contributed by atoms with Crippen molar-refractivity contribution >= 4 is 29.0 Å². The summed E-state index contributed by atoms with van der Waals surface area (Å²) in [4.78, 5) is 4.12. The molecule has 0 aliphatic carbocycles. The van der Waals surface area contributed by atoms with Crippen molar-refractivity contribution in [3.63, 3.8) is 0 Å². The number of nitrogens with two attached hydrogens (primary N) is 1. The first-order valence-corrected chi connectivity index (χ1v) is 6.26. The Bertz CT molecular complexity index is 440. The highest BCUT2D eigenvalue weighted by atomic mass is 32.2. The van der Waals surface area contributed by atoms with Gasteiger partial charge in [0.05, 0.1) is 0 Å². The Morgan fingerprint density at radius 2 is 2.33 bits per heavy atom. The van der Waals surface area contributed by atoms with Gasteiger partial charge < -0.3 is 5.73 Å². The molecule has 1 aromatic heterocycles. The first-order valence-electron chi connectivity index (χ1n) is 4.51. The minimum atomic E-state index is 0.852. The minimum Gasteiger partial charge on any atom is -0.399 e. The Kier molecular flexibility index (Phi) is 3.23. The summed E-state index contributed by atoms with van der Waals surface area (Å²) in [5.74, 6) is 0.895. The van der Waals surface area contributed by atoms with Gasteiger partial charge in [-0.2, -0.15) is 4.37 Å². The van der Waals surface area contributed by atoms with Crippen molar-refractivity contribution in [2.45, 2.75) is 17.0 Å². The second-order valence-electron chi connectivity index (χ2n) is 3.13. The van der Waals surface area contributed by atoms with Gasteiger partial charge in [-0.3, -0.25) is 0 Å². The molecule has 2 rings (SSSR count). The van der Waals surface area contributed by atoms with Gasteiger partial charge in [-0.1, -0.05) is 23.9 Å². The molecule has 3 nitrogen and oxygen atoms in total. The van der Waals surface area contributed by atoms with Crippen LogP contribution in [0.4, 0.5) is 5.69 Å². The summed E-state index contributed by atoms with van der Waals surface area (Å²) in [5.41, 5.74) is 9.11. The lowest BCUT2D eigenvalue weighted by Gasteiger charge is -2.06. The van der Waals surface area contributed by atoms with Crippen LogP contribution in [-0.4, -0.2) is 9.36 Å². The second-order valence-corrected chi connectivity index (χ2v) is 5.13. The fraction of sp³-hybridized carbons (Fsp3) is 0.200. The smallest absolute Gasteiger partial charge is 0.170 e. The average molecular weight is 237 g/mol. The maximum Gasteiger partial charge on any atom is 0.170 e. The highest BCUT2D eigenvalue weighted by Gasteiger charge is 2.03. The molecule has 0 amide bonds. The predicted molar refractivity (Wildman–Crippen MR) is 65.1 cm³/mol. The van der Waals surface area contributed by atoms with Crippen molar-refractivity contribution < 1.29 is 0 Å². The Balaban J connectivity index is 2.08. The van der Waals surface area contributed by atoms with Crippen LogP contribution in [0.1, 0.15) is 11.1 Å². The Labute approximate surface area is 96.9 Å². The molecule has 1 aromatic carbocycles. The van der Waals surface area contributed by atoms with E-state index in [9.17, 15) is 0 Å². The lowest BCUT2D eigenvalue weighted by molar-refractivity contribution is 1.21. The molecule has 0 fully saturated rings. The minimum absolute atomic E-state index is 0.852. The summed E-state index contributed by atoms with van der Waals surface area (Å²) >= 11 is 3.12. The summed E-state index contributed by atoms with van der Waals surface area (Å²) < 4.78 is 4.96. The van der Waals surface area contributed by atoms with Crippen LogP contribution < -0.4 is 5.73 Å². The van der Waals surface area contributed by atoms with Crippen LogP contribution >= 0.6 is 23.3 Å². The summed E-state index contributed by atoms with van der Waals surface area (Å²) in [6, 6.07) is 6.01. The SMILES string of the molecule is Cc1c(N)cccc1CSc1ncns1. The van der Waals surface area contributed by atoms with Crippen LogP contribution in [0.5, 0.6) is 0 Å². The molecule has 0 aliphatic rings. The van der Waals surface area contributed by atoms with Gasteiger partial charge >= 0.3 is 0 Å². The molecule has 0 aliphatic heterocycles. The fourth-order valence-corrected chi connectivity index (χ4v) is 2.73. The standard InChI is InChI=1S/C10H11N3S2/c1-7-8(3-2-4-9(7)11)5-14-10-12-6-13-15-10/h2-4,6H,5,11H2,1H3. The van der Waals surface area contributed by atoms with Gasteiger partial charge in [0.1, 0.15) is 6.33 Å². The van der Waals surface area contributed by atoms with Crippen LogP contribution in [0.25, 0.3) is 0 Å². The van der Waals surface area contributed by atoms with E-state index in [1.807, 2.05) is 19.1 Å². The van der Waals surface area contributed by atoms with Gasteiger partial charge in [-0.15, -0.1) is 0 Å². The monoisotopic (exact) mass is 237 g/mol. The van der Waals surface area contributed by atoms with E-state index in [0.29, 0.717) is 0 Å². The van der Waals surface area contributed by atoms with E-state index in [4.69, 9.17) is 5.73 Å². The zero-order chi connectivity index (χ0) is 10.7. The molecule has 0 bridgehead atoms. The molecule has 0 atom stereocenters. The number of thioether (sulfide) groups is 1. The fourth-order valence-electron chi connectivity index (χ4n) is 1.23. The molecule has 0 spiro atoms. The van der Waals surface area contributed by atoms with E-state index < -0.39 is 0 Å². The Hall–Kier alpha value is -1.07. The van der Waals surface area contributed by atoms with Crippen molar-refractivity contribution in [1.29, 1.82) is 0 Å². The highest BCUT2D eigenvalue weighted by Crippen LogP contribution is 2.26. The molecule has 2 N–H and O–H groups in total. The van der Waals surface area contributed by atoms with E-state index in [-0.39, 0.29) is 0 Å². The third-order valence-electron chi connectivity index (χ3n) is 2.18. The molecule has 2 aromatic rings. The van der Waals surface area contributed by atoms with E-state index in [0.717, 1.165) is 21.3 Å².